The van der Waals surface area contributed by atoms with E-state index in [0.29, 0.717) is 18.1 Å². The van der Waals surface area contributed by atoms with Crippen molar-refractivity contribution < 1.29 is 9.53 Å². The number of para-hydroxylation sites is 1. The summed E-state index contributed by atoms with van der Waals surface area (Å²) in [4.78, 5) is 23.8. The zero-order valence-corrected chi connectivity index (χ0v) is 16.8. The second-order valence-electron chi connectivity index (χ2n) is 7.32. The molecule has 3 heterocycles. The van der Waals surface area contributed by atoms with Gasteiger partial charge in [0.15, 0.2) is 5.69 Å². The molecule has 7 heteroatoms. The Kier molecular flexibility index (Phi) is 5.55. The monoisotopic (exact) mass is 391 g/mol. The van der Waals surface area contributed by atoms with Crippen molar-refractivity contribution in [3.63, 3.8) is 0 Å². The fourth-order valence-corrected chi connectivity index (χ4v) is 3.76. The summed E-state index contributed by atoms with van der Waals surface area (Å²) in [7, 11) is 0. The average Bonchev–Trinajstić information content (AvgIpc) is 3.14. The van der Waals surface area contributed by atoms with Crippen molar-refractivity contribution in [1.29, 1.82) is 0 Å². The van der Waals surface area contributed by atoms with Crippen LogP contribution in [0, 0.1) is 6.92 Å². The first-order valence-electron chi connectivity index (χ1n) is 10.0. The minimum Gasteiger partial charge on any atom is -0.437 e. The average molecular weight is 391 g/mol. The Labute approximate surface area is 170 Å². The lowest BCUT2D eigenvalue weighted by Crippen LogP contribution is -2.39. The van der Waals surface area contributed by atoms with Crippen LogP contribution in [0.1, 0.15) is 53.1 Å². The molecule has 0 bridgehead atoms. The van der Waals surface area contributed by atoms with Crippen LogP contribution in [-0.2, 0) is 6.42 Å². The Morgan fingerprint density at radius 3 is 2.86 bits per heavy atom. The number of ether oxygens (including phenoxy) is 1. The number of carbonyl (C=O) groups is 1. The lowest BCUT2D eigenvalue weighted by atomic mass is 9.94. The summed E-state index contributed by atoms with van der Waals surface area (Å²) < 4.78 is 5.82. The predicted octanol–water partition coefficient (Wildman–Crippen LogP) is 3.88. The van der Waals surface area contributed by atoms with Gasteiger partial charge in [-0.25, -0.2) is 4.98 Å². The molecule has 29 heavy (non-hydrogen) atoms. The lowest BCUT2D eigenvalue weighted by molar-refractivity contribution is 0.0699. The maximum Gasteiger partial charge on any atom is 0.274 e. The molecule has 1 fully saturated rings. The molecule has 0 spiro atoms. The SMILES string of the molecule is CCc1[nH]nc(C(=O)N2CCCC(c3cncc(Oc4ccccc4)n3)C2)c1C. The molecule has 0 radical (unpaired) electrons. The number of amides is 1. The zero-order valence-electron chi connectivity index (χ0n) is 16.8. The Morgan fingerprint density at radius 2 is 2.10 bits per heavy atom. The Balaban J connectivity index is 1.49. The number of aromatic amines is 1. The van der Waals surface area contributed by atoms with Gasteiger partial charge in [-0.15, -0.1) is 0 Å². The van der Waals surface area contributed by atoms with Crippen LogP contribution in [0.3, 0.4) is 0 Å². The van der Waals surface area contributed by atoms with Crippen LogP contribution < -0.4 is 4.74 Å². The molecule has 1 saturated heterocycles. The van der Waals surface area contributed by atoms with Crippen molar-refractivity contribution in [2.75, 3.05) is 13.1 Å². The van der Waals surface area contributed by atoms with Crippen molar-refractivity contribution in [2.45, 2.75) is 39.0 Å². The molecular formula is C22H25N5O2. The molecule has 4 rings (SSSR count). The van der Waals surface area contributed by atoms with Gasteiger partial charge in [-0.1, -0.05) is 25.1 Å². The first-order chi connectivity index (χ1) is 14.2. The number of hydrogen-bond acceptors (Lipinski definition) is 5. The van der Waals surface area contributed by atoms with E-state index >= 15 is 0 Å². The molecule has 7 nitrogen and oxygen atoms in total. The summed E-state index contributed by atoms with van der Waals surface area (Å²) >= 11 is 0. The smallest absolute Gasteiger partial charge is 0.274 e. The number of carbonyl (C=O) groups excluding carboxylic acids is 1. The molecule has 1 aliphatic rings. The van der Waals surface area contributed by atoms with Gasteiger partial charge in [0.2, 0.25) is 5.88 Å². The number of H-pyrrole nitrogens is 1. The number of likely N-dealkylation sites (tertiary alicyclic amines) is 1. The molecule has 1 N–H and O–H groups in total. The third kappa shape index (κ3) is 4.13. The maximum absolute atomic E-state index is 13.0. The van der Waals surface area contributed by atoms with Crippen LogP contribution in [0.25, 0.3) is 0 Å². The van der Waals surface area contributed by atoms with Gasteiger partial charge in [0.05, 0.1) is 11.9 Å². The minimum absolute atomic E-state index is 0.0206. The molecule has 1 aromatic carbocycles. The van der Waals surface area contributed by atoms with Crippen molar-refractivity contribution in [3.05, 3.63) is 65.4 Å². The van der Waals surface area contributed by atoms with Crippen molar-refractivity contribution in [2.24, 2.45) is 0 Å². The molecular weight excluding hydrogens is 366 g/mol. The molecule has 150 valence electrons. The summed E-state index contributed by atoms with van der Waals surface area (Å²) in [5.74, 6) is 1.30. The summed E-state index contributed by atoms with van der Waals surface area (Å²) in [6, 6.07) is 9.53. The molecule has 1 atom stereocenters. The third-order valence-electron chi connectivity index (χ3n) is 5.39. The van der Waals surface area contributed by atoms with E-state index < -0.39 is 0 Å². The summed E-state index contributed by atoms with van der Waals surface area (Å²) in [5.41, 5.74) is 3.33. The normalized spacial score (nSPS) is 16.6. The van der Waals surface area contributed by atoms with Crippen LogP contribution in [0.15, 0.2) is 42.7 Å². The standard InChI is InChI=1S/C22H25N5O2/c1-3-18-15(2)21(26-25-18)22(28)27-11-7-8-16(14-27)19-12-23-13-20(24-19)29-17-9-5-4-6-10-17/h4-6,9-10,12-13,16H,3,7-8,11,14H2,1-2H3,(H,25,26). The molecule has 3 aromatic rings. The first-order valence-corrected chi connectivity index (χ1v) is 10.0. The van der Waals surface area contributed by atoms with Gasteiger partial charge in [-0.05, 0) is 38.3 Å². The highest BCUT2D eigenvalue weighted by Gasteiger charge is 2.29. The Morgan fingerprint density at radius 1 is 1.28 bits per heavy atom. The summed E-state index contributed by atoms with van der Waals surface area (Å²) in [6.45, 7) is 5.34. The minimum atomic E-state index is -0.0206. The lowest BCUT2D eigenvalue weighted by Gasteiger charge is -2.32. The van der Waals surface area contributed by atoms with E-state index in [1.165, 1.54) is 0 Å². The molecule has 1 unspecified atom stereocenters. The largest absolute Gasteiger partial charge is 0.437 e. The number of aromatic nitrogens is 4. The number of rotatable bonds is 5. The number of nitrogens with one attached hydrogen (secondary N) is 1. The van der Waals surface area contributed by atoms with Crippen LogP contribution in [-0.4, -0.2) is 44.1 Å². The van der Waals surface area contributed by atoms with Gasteiger partial charge in [0.1, 0.15) is 5.75 Å². The Bertz CT molecular complexity index is 986. The predicted molar refractivity (Wildman–Crippen MR) is 109 cm³/mol. The highest BCUT2D eigenvalue weighted by atomic mass is 16.5. The number of piperidine rings is 1. The van der Waals surface area contributed by atoms with Crippen LogP contribution >= 0.6 is 0 Å². The second-order valence-corrected chi connectivity index (χ2v) is 7.32. The summed E-state index contributed by atoms with van der Waals surface area (Å²) in [6.07, 6.45) is 6.10. The van der Waals surface area contributed by atoms with Crippen LogP contribution in [0.5, 0.6) is 11.6 Å². The fourth-order valence-electron chi connectivity index (χ4n) is 3.76. The molecule has 1 aliphatic heterocycles. The van der Waals surface area contributed by atoms with E-state index in [1.54, 1.807) is 12.4 Å². The van der Waals surface area contributed by atoms with Crippen molar-refractivity contribution in [3.8, 4) is 11.6 Å². The number of aryl methyl sites for hydroxylation is 1. The maximum atomic E-state index is 13.0. The van der Waals surface area contributed by atoms with E-state index in [9.17, 15) is 4.79 Å². The van der Waals surface area contributed by atoms with E-state index in [4.69, 9.17) is 4.74 Å². The number of hydrogen-bond donors (Lipinski definition) is 1. The summed E-state index contributed by atoms with van der Waals surface area (Å²) in [5, 5.41) is 7.24. The highest BCUT2D eigenvalue weighted by molar-refractivity contribution is 5.94. The molecule has 1 amide bonds. The first kappa shape index (κ1) is 19.1. The van der Waals surface area contributed by atoms with Crippen LogP contribution in [0.4, 0.5) is 0 Å². The van der Waals surface area contributed by atoms with Crippen molar-refractivity contribution in [1.82, 2.24) is 25.1 Å². The molecule has 0 saturated carbocycles. The van der Waals surface area contributed by atoms with Gasteiger partial charge in [-0.2, -0.15) is 5.10 Å². The zero-order chi connectivity index (χ0) is 20.2. The fraction of sp³-hybridized carbons (Fsp3) is 0.364. The van der Waals surface area contributed by atoms with Gasteiger partial charge in [0.25, 0.3) is 5.91 Å². The van der Waals surface area contributed by atoms with E-state index in [-0.39, 0.29) is 11.8 Å². The van der Waals surface area contributed by atoms with Crippen LogP contribution in [0.2, 0.25) is 0 Å². The Hall–Kier alpha value is -3.22. The van der Waals surface area contributed by atoms with Gasteiger partial charge < -0.3 is 9.64 Å². The van der Waals surface area contributed by atoms with E-state index in [0.717, 1.165) is 48.5 Å². The quantitative estimate of drug-likeness (QED) is 0.713. The van der Waals surface area contributed by atoms with Gasteiger partial charge in [-0.3, -0.25) is 14.9 Å². The van der Waals surface area contributed by atoms with Gasteiger partial charge >= 0.3 is 0 Å². The van der Waals surface area contributed by atoms with Crippen molar-refractivity contribution >= 4 is 5.91 Å². The second kappa shape index (κ2) is 8.43. The molecule has 2 aromatic heterocycles. The molecule has 0 aliphatic carbocycles. The number of benzene rings is 1. The highest BCUT2D eigenvalue weighted by Crippen LogP contribution is 2.28. The number of nitrogens with zero attached hydrogens (tertiary/aromatic N) is 4. The van der Waals surface area contributed by atoms with E-state index in [1.807, 2.05) is 42.2 Å². The third-order valence-corrected chi connectivity index (χ3v) is 5.39. The van der Waals surface area contributed by atoms with Gasteiger partial charge in [0, 0.05) is 36.5 Å². The van der Waals surface area contributed by atoms with E-state index in [2.05, 4.69) is 27.1 Å². The topological polar surface area (TPSA) is 84.0 Å².